The van der Waals surface area contributed by atoms with Crippen LogP contribution >= 0.6 is 0 Å². The average molecular weight is 524 g/mol. The Morgan fingerprint density at radius 3 is 2.38 bits per heavy atom. The van der Waals surface area contributed by atoms with Crippen molar-refractivity contribution in [2.45, 2.75) is 88.9 Å². The van der Waals surface area contributed by atoms with Gasteiger partial charge in [-0.1, -0.05) is 20.8 Å². The van der Waals surface area contributed by atoms with E-state index in [-0.39, 0.29) is 6.42 Å². The van der Waals surface area contributed by atoms with Crippen LogP contribution < -0.4 is 0 Å². The van der Waals surface area contributed by atoms with Crippen molar-refractivity contribution in [1.82, 2.24) is 0 Å². The van der Waals surface area contributed by atoms with Crippen molar-refractivity contribution in [3.8, 4) is 0 Å². The molecule has 11 atom stereocenters. The van der Waals surface area contributed by atoms with Gasteiger partial charge in [-0.3, -0.25) is 14.4 Å². The third-order valence-corrected chi connectivity index (χ3v) is 9.77. The molecule has 4 aliphatic heterocycles. The van der Waals surface area contributed by atoms with Gasteiger partial charge in [0, 0.05) is 0 Å². The molecule has 37 heavy (non-hydrogen) atoms. The SMILES string of the molecule is C[C@@H]1C(=O)OC2[C@H](OC(=O)CCC(=O)O)C34C5C[C@@H](C(C)(C)C)C36[C@@H](OC(=O)[C@@H]6O)OC4(C(=O)O5)[C@]21O. The minimum atomic E-state index is -2.41. The van der Waals surface area contributed by atoms with E-state index in [0.717, 1.165) is 0 Å². The van der Waals surface area contributed by atoms with Crippen LogP contribution in [0.5, 0.6) is 0 Å². The number of aliphatic hydroxyl groups is 2. The molecule has 0 aromatic heterocycles. The lowest BCUT2D eigenvalue weighted by Gasteiger charge is -2.48. The number of hydrogen-bond donors (Lipinski definition) is 3. The number of ether oxygens (including phenoxy) is 5. The number of aliphatic carboxylic acids is 1. The van der Waals surface area contributed by atoms with Crippen LogP contribution in [-0.4, -0.2) is 87.1 Å². The molecule has 0 aromatic rings. The highest BCUT2D eigenvalue weighted by atomic mass is 16.8. The number of fused-ring (bicyclic) bond motifs is 1. The third-order valence-electron chi connectivity index (χ3n) is 9.77. The second kappa shape index (κ2) is 6.80. The molecule has 6 aliphatic rings. The topological polar surface area (TPSA) is 192 Å². The lowest BCUT2D eigenvalue weighted by molar-refractivity contribution is -0.240. The summed E-state index contributed by atoms with van der Waals surface area (Å²) in [5.74, 6) is -7.14. The van der Waals surface area contributed by atoms with Crippen LogP contribution in [0.3, 0.4) is 0 Å². The van der Waals surface area contributed by atoms with E-state index in [4.69, 9.17) is 28.8 Å². The molecular formula is C24H28O13. The number of aliphatic hydroxyl groups excluding tert-OH is 1. The Kier molecular flexibility index (Phi) is 4.52. The molecule has 4 saturated heterocycles. The van der Waals surface area contributed by atoms with Crippen molar-refractivity contribution in [2.75, 3.05) is 0 Å². The van der Waals surface area contributed by atoms with E-state index in [1.54, 1.807) is 0 Å². The second-order valence-electron chi connectivity index (χ2n) is 12.0. The van der Waals surface area contributed by atoms with Gasteiger partial charge in [0.15, 0.2) is 23.9 Å². The molecule has 0 aromatic carbocycles. The minimum absolute atomic E-state index is 0.110. The van der Waals surface area contributed by atoms with Gasteiger partial charge in [0.1, 0.15) is 11.5 Å². The first kappa shape index (κ1) is 24.6. The fourth-order valence-electron chi connectivity index (χ4n) is 8.64. The smallest absolute Gasteiger partial charge is 0.343 e. The molecule has 4 heterocycles. The molecule has 2 aliphatic carbocycles. The van der Waals surface area contributed by atoms with Gasteiger partial charge < -0.3 is 39.0 Å². The number of carboxylic acid groups (broad SMARTS) is 1. The Balaban J connectivity index is 1.64. The van der Waals surface area contributed by atoms with Crippen molar-refractivity contribution in [1.29, 1.82) is 0 Å². The number of rotatable bonds is 4. The molecule has 5 unspecified atom stereocenters. The van der Waals surface area contributed by atoms with Crippen LogP contribution in [0.2, 0.25) is 0 Å². The molecule has 202 valence electrons. The van der Waals surface area contributed by atoms with Crippen molar-refractivity contribution in [3.05, 3.63) is 0 Å². The number of esters is 4. The molecular weight excluding hydrogens is 496 g/mol. The molecule has 2 saturated carbocycles. The molecule has 0 radical (unpaired) electrons. The summed E-state index contributed by atoms with van der Waals surface area (Å²) in [7, 11) is 0. The molecule has 0 bridgehead atoms. The highest BCUT2D eigenvalue weighted by molar-refractivity contribution is 5.94. The Morgan fingerprint density at radius 2 is 1.76 bits per heavy atom. The quantitative estimate of drug-likeness (QED) is 0.301. The third kappa shape index (κ3) is 2.24. The first-order valence-electron chi connectivity index (χ1n) is 12.2. The summed E-state index contributed by atoms with van der Waals surface area (Å²) >= 11 is 0. The van der Waals surface area contributed by atoms with E-state index in [2.05, 4.69) is 0 Å². The average Bonchev–Trinajstić information content (AvgIpc) is 3.51. The maximum atomic E-state index is 13.7. The van der Waals surface area contributed by atoms with E-state index < -0.39 is 113 Å². The monoisotopic (exact) mass is 524 g/mol. The largest absolute Gasteiger partial charge is 0.481 e. The Labute approximate surface area is 210 Å². The van der Waals surface area contributed by atoms with E-state index in [9.17, 15) is 34.2 Å². The van der Waals surface area contributed by atoms with Crippen LogP contribution in [0.1, 0.15) is 47.0 Å². The van der Waals surface area contributed by atoms with Crippen LogP contribution in [0.15, 0.2) is 0 Å². The molecule has 13 heteroatoms. The lowest BCUT2D eigenvalue weighted by atomic mass is 9.51. The molecule has 13 nitrogen and oxygen atoms in total. The van der Waals surface area contributed by atoms with Crippen molar-refractivity contribution < 1.29 is 63.0 Å². The first-order chi connectivity index (χ1) is 17.1. The standard InChI is InChI=1S/C24H28O13/c1-8-16(29)35-15-14(34-12(27)6-5-11(25)26)22-10-7-9(20(2,3)4)21(22)13(28)17(30)36-19(21)37-24(22,18(31)33-10)23(8,15)32/h8-10,13-15,19,28,32H,5-7H2,1-4H3,(H,25,26)/t8-,9+,10?,13+,14+,15?,19+,21?,22?,23-,24?/m1/s1. The van der Waals surface area contributed by atoms with Crippen molar-refractivity contribution in [2.24, 2.45) is 28.1 Å². The highest BCUT2D eigenvalue weighted by Crippen LogP contribution is 2.85. The fourth-order valence-corrected chi connectivity index (χ4v) is 8.64. The lowest BCUT2D eigenvalue weighted by Crippen LogP contribution is -2.67. The van der Waals surface area contributed by atoms with Gasteiger partial charge in [-0.25, -0.2) is 9.59 Å². The van der Waals surface area contributed by atoms with Gasteiger partial charge >= 0.3 is 29.8 Å². The van der Waals surface area contributed by atoms with Gasteiger partial charge in [-0.05, 0) is 24.7 Å². The number of carbonyl (C=O) groups is 5. The summed E-state index contributed by atoms with van der Waals surface area (Å²) in [5.41, 5.74) is -9.06. The summed E-state index contributed by atoms with van der Waals surface area (Å²) in [4.78, 5) is 63.3. The van der Waals surface area contributed by atoms with Gasteiger partial charge in [0.05, 0.1) is 24.2 Å². The number of carboxylic acids is 1. The first-order valence-corrected chi connectivity index (χ1v) is 12.2. The summed E-state index contributed by atoms with van der Waals surface area (Å²) < 4.78 is 28.8. The van der Waals surface area contributed by atoms with Crippen LogP contribution in [-0.2, 0) is 47.7 Å². The fraction of sp³-hybridized carbons (Fsp3) is 0.792. The minimum Gasteiger partial charge on any atom is -0.481 e. The zero-order valence-corrected chi connectivity index (χ0v) is 20.6. The number of carbonyl (C=O) groups excluding carboxylic acids is 4. The van der Waals surface area contributed by atoms with Crippen molar-refractivity contribution in [3.63, 3.8) is 0 Å². The second-order valence-corrected chi connectivity index (χ2v) is 12.0. The highest BCUT2D eigenvalue weighted by Gasteiger charge is 3.04. The summed E-state index contributed by atoms with van der Waals surface area (Å²) in [6.07, 6.45) is -8.73. The zero-order chi connectivity index (χ0) is 27.1. The van der Waals surface area contributed by atoms with Crippen LogP contribution in [0, 0.1) is 28.1 Å². The molecule has 2 spiro atoms. The van der Waals surface area contributed by atoms with E-state index in [1.807, 2.05) is 20.8 Å². The molecule has 3 N–H and O–H groups in total. The van der Waals surface area contributed by atoms with Gasteiger partial charge in [-0.2, -0.15) is 0 Å². The summed E-state index contributed by atoms with van der Waals surface area (Å²) in [6, 6.07) is 0. The zero-order valence-electron chi connectivity index (χ0n) is 20.6. The van der Waals surface area contributed by atoms with E-state index in [0.29, 0.717) is 0 Å². The molecule has 6 rings (SSSR count). The maximum Gasteiger partial charge on any atom is 0.343 e. The Hall–Kier alpha value is -2.77. The normalized spacial score (nSPS) is 50.6. The van der Waals surface area contributed by atoms with Gasteiger partial charge in [-0.15, -0.1) is 0 Å². The summed E-state index contributed by atoms with van der Waals surface area (Å²) in [5, 5.41) is 32.8. The molecule has 6 fully saturated rings. The Morgan fingerprint density at radius 1 is 1.08 bits per heavy atom. The summed E-state index contributed by atoms with van der Waals surface area (Å²) in [6.45, 7) is 6.92. The van der Waals surface area contributed by atoms with Gasteiger partial charge in [0.25, 0.3) is 0 Å². The molecule has 0 amide bonds. The predicted octanol–water partition coefficient (Wildman–Crippen LogP) is -0.954. The van der Waals surface area contributed by atoms with Crippen LogP contribution in [0.4, 0.5) is 0 Å². The predicted molar refractivity (Wildman–Crippen MR) is 113 cm³/mol. The van der Waals surface area contributed by atoms with Crippen LogP contribution in [0.25, 0.3) is 0 Å². The van der Waals surface area contributed by atoms with Gasteiger partial charge in [0.2, 0.25) is 11.9 Å². The van der Waals surface area contributed by atoms with E-state index >= 15 is 0 Å². The van der Waals surface area contributed by atoms with Crippen molar-refractivity contribution >= 4 is 29.8 Å². The van der Waals surface area contributed by atoms with E-state index in [1.165, 1.54) is 6.92 Å². The number of hydrogen-bond acceptors (Lipinski definition) is 12. The maximum absolute atomic E-state index is 13.7. The Bertz CT molecular complexity index is 1160.